The zero-order valence-corrected chi connectivity index (χ0v) is 17.2. The van der Waals surface area contributed by atoms with E-state index in [9.17, 15) is 8.42 Å². The largest absolute Gasteiger partial charge is 0.345 e. The van der Waals surface area contributed by atoms with E-state index < -0.39 is 10.0 Å². The summed E-state index contributed by atoms with van der Waals surface area (Å²) in [5.74, 6) is 0.831. The Morgan fingerprint density at radius 2 is 2.00 bits per heavy atom. The molecule has 1 fully saturated rings. The highest BCUT2D eigenvalue weighted by molar-refractivity contribution is 7.89. The highest BCUT2D eigenvalue weighted by Gasteiger charge is 2.52. The number of nitriles is 1. The molecule has 10 heteroatoms. The van der Waals surface area contributed by atoms with Gasteiger partial charge < -0.3 is 4.98 Å². The van der Waals surface area contributed by atoms with Gasteiger partial charge in [0.05, 0.1) is 28.2 Å². The Morgan fingerprint density at radius 1 is 1.23 bits per heavy atom. The molecule has 2 atom stereocenters. The first-order chi connectivity index (χ1) is 14.3. The number of aromatic amines is 1. The second-order valence-electron chi connectivity index (χ2n) is 8.14. The molecule has 9 nitrogen and oxygen atoms in total. The smallest absolute Gasteiger partial charge is 0.240 e. The number of nitrogens with zero attached hydrogens (tertiary/aromatic N) is 5. The monoisotopic (exact) mass is 421 g/mol. The summed E-state index contributed by atoms with van der Waals surface area (Å²) in [6, 6.07) is 9.57. The average Bonchev–Trinajstić information content (AvgIpc) is 3.37. The Balaban J connectivity index is 1.43. The third kappa shape index (κ3) is 2.70. The summed E-state index contributed by atoms with van der Waals surface area (Å²) in [6.07, 6.45) is 4.10. The summed E-state index contributed by atoms with van der Waals surface area (Å²) in [4.78, 5) is 7.58. The van der Waals surface area contributed by atoms with Crippen molar-refractivity contribution in [3.8, 4) is 6.07 Å². The van der Waals surface area contributed by atoms with Crippen molar-refractivity contribution in [2.75, 3.05) is 0 Å². The fraction of sp³-hybridized carbons (Fsp3) is 0.300. The lowest BCUT2D eigenvalue weighted by Gasteiger charge is -2.51. The maximum Gasteiger partial charge on any atom is 0.240 e. The summed E-state index contributed by atoms with van der Waals surface area (Å²) in [5.41, 5.74) is 2.36. The predicted molar refractivity (Wildman–Crippen MR) is 109 cm³/mol. The first-order valence-corrected chi connectivity index (χ1v) is 11.0. The lowest BCUT2D eigenvalue weighted by atomic mass is 9.58. The Labute approximate surface area is 172 Å². The summed E-state index contributed by atoms with van der Waals surface area (Å²) >= 11 is 0. The molecule has 0 amide bonds. The minimum absolute atomic E-state index is 0.0293. The summed E-state index contributed by atoms with van der Waals surface area (Å²) in [5, 5.41) is 17.6. The number of sulfonamides is 1. The minimum Gasteiger partial charge on any atom is -0.345 e. The molecule has 0 aliphatic heterocycles. The van der Waals surface area contributed by atoms with Crippen molar-refractivity contribution in [2.24, 2.45) is 5.41 Å². The number of H-pyrrole nitrogens is 1. The van der Waals surface area contributed by atoms with E-state index in [2.05, 4.69) is 24.9 Å². The van der Waals surface area contributed by atoms with Gasteiger partial charge in [-0.15, -0.1) is 10.2 Å². The molecule has 3 heterocycles. The Bertz CT molecular complexity index is 1410. The molecular weight excluding hydrogens is 402 g/mol. The molecule has 0 saturated heterocycles. The van der Waals surface area contributed by atoms with Crippen LogP contribution in [0.1, 0.15) is 37.6 Å². The first kappa shape index (κ1) is 18.7. The van der Waals surface area contributed by atoms with Crippen molar-refractivity contribution in [2.45, 2.75) is 37.1 Å². The minimum atomic E-state index is -3.69. The maximum atomic E-state index is 12.8. The zero-order valence-electron chi connectivity index (χ0n) is 16.4. The third-order valence-corrected chi connectivity index (χ3v) is 7.63. The maximum absolute atomic E-state index is 12.8. The van der Waals surface area contributed by atoms with Crippen LogP contribution in [-0.2, 0) is 10.0 Å². The van der Waals surface area contributed by atoms with Crippen LogP contribution in [0.25, 0.3) is 16.8 Å². The second kappa shape index (κ2) is 6.35. The van der Waals surface area contributed by atoms with Crippen LogP contribution in [0.4, 0.5) is 0 Å². The van der Waals surface area contributed by atoms with Crippen LogP contribution in [0.2, 0.25) is 0 Å². The first-order valence-electron chi connectivity index (χ1n) is 9.51. The quantitative estimate of drug-likeness (QED) is 0.520. The number of aromatic nitrogens is 5. The number of benzene rings is 1. The van der Waals surface area contributed by atoms with Crippen LogP contribution in [0.5, 0.6) is 0 Å². The predicted octanol–water partition coefficient (Wildman–Crippen LogP) is 2.34. The van der Waals surface area contributed by atoms with Gasteiger partial charge in [-0.1, -0.05) is 13.8 Å². The van der Waals surface area contributed by atoms with E-state index in [0.717, 1.165) is 17.0 Å². The van der Waals surface area contributed by atoms with Crippen LogP contribution in [0.15, 0.2) is 47.6 Å². The molecule has 1 aliphatic carbocycles. The van der Waals surface area contributed by atoms with Crippen LogP contribution in [-0.4, -0.2) is 39.0 Å². The van der Waals surface area contributed by atoms with Gasteiger partial charge in [0, 0.05) is 18.2 Å². The van der Waals surface area contributed by atoms with Crippen molar-refractivity contribution >= 4 is 26.8 Å². The molecule has 1 saturated carbocycles. The molecule has 0 bridgehead atoms. The van der Waals surface area contributed by atoms with E-state index in [1.807, 2.05) is 36.6 Å². The van der Waals surface area contributed by atoms with Gasteiger partial charge in [-0.2, -0.15) is 5.26 Å². The number of fused-ring (bicyclic) bond motifs is 3. The van der Waals surface area contributed by atoms with Crippen molar-refractivity contribution in [1.29, 1.82) is 5.26 Å². The number of nitrogens with one attached hydrogen (secondary N) is 2. The van der Waals surface area contributed by atoms with Crippen LogP contribution >= 0.6 is 0 Å². The normalized spacial score (nSPS) is 20.8. The van der Waals surface area contributed by atoms with Gasteiger partial charge in [-0.3, -0.25) is 4.40 Å². The average molecular weight is 421 g/mol. The van der Waals surface area contributed by atoms with Crippen LogP contribution < -0.4 is 4.72 Å². The van der Waals surface area contributed by atoms with Crippen LogP contribution in [0.3, 0.4) is 0 Å². The van der Waals surface area contributed by atoms with E-state index in [1.165, 1.54) is 24.3 Å². The summed E-state index contributed by atoms with van der Waals surface area (Å²) < 4.78 is 30.5. The molecule has 3 aromatic heterocycles. The SMILES string of the molecule is CC1(C)[C@@H](NS(=O)(=O)c2ccc(C#N)cc2)C[C@H]1c1nnc2cnc3[nH]ccc3n12. The molecule has 0 radical (unpaired) electrons. The van der Waals surface area contributed by atoms with Gasteiger partial charge in [0.15, 0.2) is 11.3 Å². The molecule has 152 valence electrons. The molecule has 0 spiro atoms. The Hall–Kier alpha value is -3.29. The van der Waals surface area contributed by atoms with Gasteiger partial charge in [-0.05, 0) is 42.2 Å². The Morgan fingerprint density at radius 3 is 2.70 bits per heavy atom. The zero-order chi connectivity index (χ0) is 21.1. The highest BCUT2D eigenvalue weighted by atomic mass is 32.2. The molecule has 30 heavy (non-hydrogen) atoms. The van der Waals surface area contributed by atoms with Crippen LogP contribution in [0, 0.1) is 16.7 Å². The number of rotatable bonds is 4. The molecule has 4 aromatic rings. The van der Waals surface area contributed by atoms with E-state index in [-0.39, 0.29) is 22.3 Å². The molecule has 1 aromatic carbocycles. The van der Waals surface area contributed by atoms with Gasteiger partial charge in [0.2, 0.25) is 10.0 Å². The van der Waals surface area contributed by atoms with E-state index >= 15 is 0 Å². The third-order valence-electron chi connectivity index (χ3n) is 6.14. The fourth-order valence-electron chi connectivity index (χ4n) is 4.15. The molecular formula is C20H19N7O2S. The highest BCUT2D eigenvalue weighted by Crippen LogP contribution is 2.52. The molecule has 5 rings (SSSR count). The fourth-order valence-corrected chi connectivity index (χ4v) is 5.56. The number of hydrogen-bond donors (Lipinski definition) is 2. The van der Waals surface area contributed by atoms with Gasteiger partial charge in [-0.25, -0.2) is 18.1 Å². The lowest BCUT2D eigenvalue weighted by Crippen LogP contribution is -2.57. The van der Waals surface area contributed by atoms with E-state index in [0.29, 0.717) is 17.6 Å². The van der Waals surface area contributed by atoms with Gasteiger partial charge >= 0.3 is 0 Å². The van der Waals surface area contributed by atoms with Crippen molar-refractivity contribution in [3.05, 3.63) is 54.1 Å². The topological polar surface area (TPSA) is 129 Å². The van der Waals surface area contributed by atoms with Crippen molar-refractivity contribution < 1.29 is 8.42 Å². The van der Waals surface area contributed by atoms with E-state index in [1.54, 1.807) is 6.20 Å². The second-order valence-corrected chi connectivity index (χ2v) is 9.86. The summed E-state index contributed by atoms with van der Waals surface area (Å²) in [7, 11) is -3.69. The standard InChI is InChI=1S/C20H19N7O2S/c1-20(2)14(19-25-24-17-11-23-18-15(27(17)19)7-8-22-18)9-16(20)26-30(28,29)13-5-3-12(10-21)4-6-13/h3-8,11,14,16,22,26H,9H2,1-2H3/t14-,16-/m0/s1. The molecule has 2 N–H and O–H groups in total. The van der Waals surface area contributed by atoms with E-state index in [4.69, 9.17) is 5.26 Å². The summed E-state index contributed by atoms with van der Waals surface area (Å²) in [6.45, 7) is 4.06. The molecule has 1 aliphatic rings. The molecule has 0 unspecified atom stereocenters. The number of hydrogen-bond acceptors (Lipinski definition) is 6. The lowest BCUT2D eigenvalue weighted by molar-refractivity contribution is 0.0796. The van der Waals surface area contributed by atoms with Gasteiger partial charge in [0.1, 0.15) is 5.82 Å². The van der Waals surface area contributed by atoms with Gasteiger partial charge in [0.25, 0.3) is 0 Å². The van der Waals surface area contributed by atoms with Crippen molar-refractivity contribution in [1.82, 2.24) is 29.3 Å². The Kier molecular flexibility index (Phi) is 3.96. The van der Waals surface area contributed by atoms with Crippen molar-refractivity contribution in [3.63, 3.8) is 0 Å².